The number of nitrogens with zero attached hydrogens (tertiary/aromatic N) is 1. The van der Waals surface area contributed by atoms with Gasteiger partial charge in [-0.25, -0.2) is 0 Å². The first kappa shape index (κ1) is 20.2. The van der Waals surface area contributed by atoms with Gasteiger partial charge in [-0.05, 0) is 44.5 Å². The van der Waals surface area contributed by atoms with Gasteiger partial charge in [-0.3, -0.25) is 9.69 Å². The lowest BCUT2D eigenvalue weighted by Gasteiger charge is -2.32. The Labute approximate surface area is 167 Å². The lowest BCUT2D eigenvalue weighted by atomic mass is 9.94. The SMILES string of the molecule is COc1ccc(CN2CCC(C(=O)N[C@H](C)c3ccccc3)CC2)c(OC)c1. The maximum atomic E-state index is 12.7. The van der Waals surface area contributed by atoms with Crippen molar-refractivity contribution in [2.24, 2.45) is 5.92 Å². The summed E-state index contributed by atoms with van der Waals surface area (Å²) in [5.74, 6) is 1.89. The molecule has 0 bridgehead atoms. The molecular weight excluding hydrogens is 352 g/mol. The zero-order chi connectivity index (χ0) is 19.9. The molecule has 0 radical (unpaired) electrons. The Morgan fingerprint density at radius 2 is 1.82 bits per heavy atom. The summed E-state index contributed by atoms with van der Waals surface area (Å²) in [6, 6.07) is 16.1. The first-order valence-electron chi connectivity index (χ1n) is 9.89. The van der Waals surface area contributed by atoms with Crippen molar-refractivity contribution < 1.29 is 14.3 Å². The maximum absolute atomic E-state index is 12.7. The number of carbonyl (C=O) groups excluding carboxylic acids is 1. The van der Waals surface area contributed by atoms with Crippen LogP contribution in [0.15, 0.2) is 48.5 Å². The molecule has 1 heterocycles. The highest BCUT2D eigenvalue weighted by Gasteiger charge is 2.26. The summed E-state index contributed by atoms with van der Waals surface area (Å²) in [5.41, 5.74) is 2.28. The number of likely N-dealkylation sites (tertiary alicyclic amines) is 1. The lowest BCUT2D eigenvalue weighted by Crippen LogP contribution is -2.40. The molecule has 1 atom stereocenters. The van der Waals surface area contributed by atoms with Crippen LogP contribution in [0.25, 0.3) is 0 Å². The molecule has 0 spiro atoms. The third-order valence-electron chi connectivity index (χ3n) is 5.50. The average Bonchev–Trinajstić information content (AvgIpc) is 2.75. The third-order valence-corrected chi connectivity index (χ3v) is 5.50. The molecule has 2 aromatic rings. The van der Waals surface area contributed by atoms with Crippen molar-refractivity contribution in [1.29, 1.82) is 0 Å². The summed E-state index contributed by atoms with van der Waals surface area (Å²) in [7, 11) is 3.34. The molecule has 0 aromatic heterocycles. The van der Waals surface area contributed by atoms with Crippen LogP contribution < -0.4 is 14.8 Å². The highest BCUT2D eigenvalue weighted by molar-refractivity contribution is 5.79. The van der Waals surface area contributed by atoms with E-state index in [1.165, 1.54) is 0 Å². The first-order chi connectivity index (χ1) is 13.6. The van der Waals surface area contributed by atoms with Gasteiger partial charge in [0.25, 0.3) is 0 Å². The topological polar surface area (TPSA) is 50.8 Å². The molecule has 3 rings (SSSR count). The Bertz CT molecular complexity index is 771. The summed E-state index contributed by atoms with van der Waals surface area (Å²) in [6.45, 7) is 4.68. The molecule has 1 aliphatic rings. The van der Waals surface area contributed by atoms with Crippen molar-refractivity contribution in [3.63, 3.8) is 0 Å². The quantitative estimate of drug-likeness (QED) is 0.792. The molecule has 150 valence electrons. The number of methoxy groups -OCH3 is 2. The second kappa shape index (κ2) is 9.60. The standard InChI is InChI=1S/C23H30N2O3/c1-17(18-7-5-4-6-8-18)24-23(26)19-11-13-25(14-12-19)16-20-9-10-21(27-2)15-22(20)28-3/h4-10,15,17,19H,11-14,16H2,1-3H3,(H,24,26)/t17-/m1/s1. The minimum Gasteiger partial charge on any atom is -0.497 e. The predicted octanol–water partition coefficient (Wildman–Crippen LogP) is 3.79. The largest absolute Gasteiger partial charge is 0.497 e. The summed E-state index contributed by atoms with van der Waals surface area (Å²) < 4.78 is 10.8. The fourth-order valence-electron chi connectivity index (χ4n) is 3.73. The number of amides is 1. The molecule has 1 N–H and O–H groups in total. The number of nitrogens with one attached hydrogen (secondary N) is 1. The summed E-state index contributed by atoms with van der Waals surface area (Å²) in [5, 5.41) is 3.17. The van der Waals surface area contributed by atoms with Crippen LogP contribution in [-0.2, 0) is 11.3 Å². The van der Waals surface area contributed by atoms with E-state index in [1.807, 2.05) is 37.3 Å². The number of benzene rings is 2. The van der Waals surface area contributed by atoms with E-state index in [0.717, 1.165) is 55.1 Å². The van der Waals surface area contributed by atoms with Gasteiger partial charge in [0.05, 0.1) is 20.3 Å². The molecule has 5 nitrogen and oxygen atoms in total. The van der Waals surface area contributed by atoms with E-state index in [9.17, 15) is 4.79 Å². The van der Waals surface area contributed by atoms with Gasteiger partial charge in [0.2, 0.25) is 5.91 Å². The Hall–Kier alpha value is -2.53. The van der Waals surface area contributed by atoms with Crippen molar-refractivity contribution in [2.45, 2.75) is 32.4 Å². The van der Waals surface area contributed by atoms with E-state index in [2.05, 4.69) is 28.4 Å². The van der Waals surface area contributed by atoms with Crippen molar-refractivity contribution in [2.75, 3.05) is 27.3 Å². The monoisotopic (exact) mass is 382 g/mol. The van der Waals surface area contributed by atoms with E-state index >= 15 is 0 Å². The van der Waals surface area contributed by atoms with Crippen LogP contribution in [0, 0.1) is 5.92 Å². The van der Waals surface area contributed by atoms with Gasteiger partial charge in [-0.15, -0.1) is 0 Å². The van der Waals surface area contributed by atoms with Gasteiger partial charge in [-0.1, -0.05) is 36.4 Å². The van der Waals surface area contributed by atoms with Crippen molar-refractivity contribution >= 4 is 5.91 Å². The highest BCUT2D eigenvalue weighted by atomic mass is 16.5. The number of piperidine rings is 1. The molecular formula is C23H30N2O3. The Morgan fingerprint density at radius 1 is 1.11 bits per heavy atom. The van der Waals surface area contributed by atoms with Gasteiger partial charge >= 0.3 is 0 Å². The Balaban J connectivity index is 1.51. The highest BCUT2D eigenvalue weighted by Crippen LogP contribution is 2.27. The van der Waals surface area contributed by atoms with Crippen LogP contribution >= 0.6 is 0 Å². The molecule has 28 heavy (non-hydrogen) atoms. The van der Waals surface area contributed by atoms with Gasteiger partial charge in [-0.2, -0.15) is 0 Å². The van der Waals surface area contributed by atoms with Crippen LogP contribution in [0.5, 0.6) is 11.5 Å². The minimum absolute atomic E-state index is 0.0373. The van der Waals surface area contributed by atoms with Gasteiger partial charge in [0.1, 0.15) is 11.5 Å². The second-order valence-corrected chi connectivity index (χ2v) is 7.37. The zero-order valence-corrected chi connectivity index (χ0v) is 17.0. The van der Waals surface area contributed by atoms with E-state index in [-0.39, 0.29) is 17.9 Å². The zero-order valence-electron chi connectivity index (χ0n) is 17.0. The van der Waals surface area contributed by atoms with Gasteiger partial charge in [0, 0.05) is 24.1 Å². The second-order valence-electron chi connectivity index (χ2n) is 7.37. The first-order valence-corrected chi connectivity index (χ1v) is 9.89. The number of hydrogen-bond acceptors (Lipinski definition) is 4. The van der Waals surface area contributed by atoms with E-state index in [1.54, 1.807) is 14.2 Å². The van der Waals surface area contributed by atoms with Crippen molar-refractivity contribution in [3.8, 4) is 11.5 Å². The number of rotatable bonds is 7. The number of hydrogen-bond donors (Lipinski definition) is 1. The average molecular weight is 383 g/mol. The van der Waals surface area contributed by atoms with Crippen LogP contribution in [0.1, 0.15) is 36.9 Å². The fraction of sp³-hybridized carbons (Fsp3) is 0.435. The third kappa shape index (κ3) is 5.04. The van der Waals surface area contributed by atoms with E-state index in [4.69, 9.17) is 9.47 Å². The van der Waals surface area contributed by atoms with Crippen LogP contribution in [0.2, 0.25) is 0 Å². The Kier molecular flexibility index (Phi) is 6.93. The van der Waals surface area contributed by atoms with E-state index in [0.29, 0.717) is 0 Å². The molecule has 1 amide bonds. The molecule has 1 fully saturated rings. The van der Waals surface area contributed by atoms with E-state index < -0.39 is 0 Å². The Morgan fingerprint density at radius 3 is 2.46 bits per heavy atom. The van der Waals surface area contributed by atoms with Crippen molar-refractivity contribution in [1.82, 2.24) is 10.2 Å². The smallest absolute Gasteiger partial charge is 0.223 e. The fourth-order valence-corrected chi connectivity index (χ4v) is 3.73. The molecule has 0 saturated carbocycles. The van der Waals surface area contributed by atoms with Gasteiger partial charge in [0.15, 0.2) is 0 Å². The molecule has 5 heteroatoms. The van der Waals surface area contributed by atoms with Crippen molar-refractivity contribution in [3.05, 3.63) is 59.7 Å². The van der Waals surface area contributed by atoms with Crippen LogP contribution in [0.4, 0.5) is 0 Å². The summed E-state index contributed by atoms with van der Waals surface area (Å²) in [4.78, 5) is 15.0. The van der Waals surface area contributed by atoms with Crippen LogP contribution in [-0.4, -0.2) is 38.1 Å². The lowest BCUT2D eigenvalue weighted by molar-refractivity contribution is -0.127. The molecule has 2 aromatic carbocycles. The number of ether oxygens (including phenoxy) is 2. The summed E-state index contributed by atoms with van der Waals surface area (Å²) in [6.07, 6.45) is 1.76. The van der Waals surface area contributed by atoms with Crippen LogP contribution in [0.3, 0.4) is 0 Å². The number of carbonyl (C=O) groups is 1. The molecule has 1 aliphatic heterocycles. The summed E-state index contributed by atoms with van der Waals surface area (Å²) >= 11 is 0. The van der Waals surface area contributed by atoms with Gasteiger partial charge < -0.3 is 14.8 Å². The normalized spacial score (nSPS) is 16.4. The molecule has 0 aliphatic carbocycles. The minimum atomic E-state index is 0.0373. The predicted molar refractivity (Wildman–Crippen MR) is 111 cm³/mol. The molecule has 0 unspecified atom stereocenters. The molecule has 1 saturated heterocycles. The maximum Gasteiger partial charge on any atom is 0.223 e.